The first kappa shape index (κ1) is 21.1. The zero-order valence-corrected chi connectivity index (χ0v) is 16.5. The summed E-state index contributed by atoms with van der Waals surface area (Å²) in [6.45, 7) is 9.25. The summed E-state index contributed by atoms with van der Waals surface area (Å²) in [6.07, 6.45) is 0.803. The molecule has 0 unspecified atom stereocenters. The van der Waals surface area contributed by atoms with Gasteiger partial charge in [0.1, 0.15) is 5.75 Å². The highest BCUT2D eigenvalue weighted by molar-refractivity contribution is 6.30. The van der Waals surface area contributed by atoms with Crippen LogP contribution in [0.25, 0.3) is 0 Å². The first-order valence-electron chi connectivity index (χ1n) is 8.36. The molecule has 25 heavy (non-hydrogen) atoms. The molecule has 6 nitrogen and oxygen atoms in total. The highest BCUT2D eigenvalue weighted by Gasteiger charge is 2.13. The molecule has 1 aromatic rings. The van der Waals surface area contributed by atoms with E-state index in [1.165, 1.54) is 0 Å². The number of amides is 1. The van der Waals surface area contributed by atoms with Crippen LogP contribution in [-0.2, 0) is 4.79 Å². The summed E-state index contributed by atoms with van der Waals surface area (Å²) in [5, 5.41) is 9.74. The van der Waals surface area contributed by atoms with Crippen LogP contribution in [0.15, 0.2) is 23.2 Å². The lowest BCUT2D eigenvalue weighted by molar-refractivity contribution is -0.121. The number of aliphatic imine (C=N–C) groups is 1. The Hall–Kier alpha value is -1.95. The van der Waals surface area contributed by atoms with Gasteiger partial charge in [-0.2, -0.15) is 0 Å². The summed E-state index contributed by atoms with van der Waals surface area (Å²) in [7, 11) is 1.67. The van der Waals surface area contributed by atoms with Crippen molar-refractivity contribution in [2.45, 2.75) is 39.7 Å². The van der Waals surface area contributed by atoms with Gasteiger partial charge in [-0.15, -0.1) is 0 Å². The van der Waals surface area contributed by atoms with Crippen molar-refractivity contribution in [2.24, 2.45) is 4.99 Å². The smallest absolute Gasteiger partial charge is 0.239 e. The second-order valence-electron chi connectivity index (χ2n) is 6.76. The lowest BCUT2D eigenvalue weighted by Crippen LogP contribution is -2.48. The Kier molecular flexibility index (Phi) is 8.55. The largest absolute Gasteiger partial charge is 0.493 e. The molecule has 1 aromatic carbocycles. The minimum absolute atomic E-state index is 0.0722. The fraction of sp³-hybridized carbons (Fsp3) is 0.556. The van der Waals surface area contributed by atoms with Crippen LogP contribution in [0, 0.1) is 6.92 Å². The summed E-state index contributed by atoms with van der Waals surface area (Å²) in [5.74, 6) is 1.36. The van der Waals surface area contributed by atoms with E-state index in [4.69, 9.17) is 16.3 Å². The molecule has 1 rings (SSSR count). The standard InChI is InChI=1S/C18H29ClN4O2/c1-13-11-14(19)7-8-15(13)25-10-6-9-21-17(20-5)22-12-16(24)23-18(2,3)4/h7-8,11H,6,9-10,12H2,1-5H3,(H,23,24)(H2,20,21,22). The molecule has 0 radical (unpaired) electrons. The predicted molar refractivity (Wildman–Crippen MR) is 104 cm³/mol. The number of carbonyl (C=O) groups is 1. The third-order valence-electron chi connectivity index (χ3n) is 3.16. The number of halogens is 1. The first-order valence-corrected chi connectivity index (χ1v) is 8.73. The zero-order valence-electron chi connectivity index (χ0n) is 15.7. The van der Waals surface area contributed by atoms with Crippen LogP contribution in [0.5, 0.6) is 5.75 Å². The lowest BCUT2D eigenvalue weighted by Gasteiger charge is -2.21. The van der Waals surface area contributed by atoms with Crippen LogP contribution in [0.4, 0.5) is 0 Å². The number of aryl methyl sites for hydroxylation is 1. The summed E-state index contributed by atoms with van der Waals surface area (Å²) < 4.78 is 5.74. The summed E-state index contributed by atoms with van der Waals surface area (Å²) >= 11 is 5.92. The number of carbonyl (C=O) groups excluding carboxylic acids is 1. The molecule has 0 atom stereocenters. The van der Waals surface area contributed by atoms with Gasteiger partial charge in [-0.3, -0.25) is 9.79 Å². The minimum atomic E-state index is -0.243. The molecular formula is C18H29ClN4O2. The third kappa shape index (κ3) is 9.19. The van der Waals surface area contributed by atoms with Gasteiger partial charge in [-0.25, -0.2) is 0 Å². The van der Waals surface area contributed by atoms with Crippen LogP contribution in [-0.4, -0.2) is 44.1 Å². The van der Waals surface area contributed by atoms with Gasteiger partial charge in [0, 0.05) is 24.2 Å². The molecule has 0 aliphatic heterocycles. The highest BCUT2D eigenvalue weighted by Crippen LogP contribution is 2.21. The molecule has 0 bridgehead atoms. The Labute approximate surface area is 155 Å². The molecule has 0 aliphatic rings. The predicted octanol–water partition coefficient (Wildman–Crippen LogP) is 2.50. The normalized spacial score (nSPS) is 11.8. The van der Waals surface area contributed by atoms with Gasteiger partial charge in [-0.05, 0) is 57.9 Å². The Morgan fingerprint density at radius 1 is 1.28 bits per heavy atom. The molecule has 0 heterocycles. The number of nitrogens with one attached hydrogen (secondary N) is 3. The minimum Gasteiger partial charge on any atom is -0.493 e. The van der Waals surface area contributed by atoms with E-state index in [-0.39, 0.29) is 18.0 Å². The molecule has 0 spiro atoms. The maximum Gasteiger partial charge on any atom is 0.239 e. The van der Waals surface area contributed by atoms with Crippen molar-refractivity contribution in [1.29, 1.82) is 0 Å². The van der Waals surface area contributed by atoms with Crippen LogP contribution in [0.2, 0.25) is 5.02 Å². The molecule has 0 aromatic heterocycles. The van der Waals surface area contributed by atoms with E-state index >= 15 is 0 Å². The van der Waals surface area contributed by atoms with E-state index in [0.29, 0.717) is 24.1 Å². The average molecular weight is 369 g/mol. The van der Waals surface area contributed by atoms with Gasteiger partial charge in [0.2, 0.25) is 5.91 Å². The van der Waals surface area contributed by atoms with E-state index in [0.717, 1.165) is 17.7 Å². The van der Waals surface area contributed by atoms with Crippen molar-refractivity contribution in [2.75, 3.05) is 26.7 Å². The van der Waals surface area contributed by atoms with E-state index in [1.54, 1.807) is 7.05 Å². The molecule has 0 fully saturated rings. The van der Waals surface area contributed by atoms with Crippen molar-refractivity contribution in [3.05, 3.63) is 28.8 Å². The van der Waals surface area contributed by atoms with Gasteiger partial charge in [0.15, 0.2) is 5.96 Å². The van der Waals surface area contributed by atoms with Crippen LogP contribution < -0.4 is 20.7 Å². The number of guanidine groups is 1. The molecule has 7 heteroatoms. The number of benzene rings is 1. The van der Waals surface area contributed by atoms with Gasteiger partial charge in [0.25, 0.3) is 0 Å². The summed E-state index contributed by atoms with van der Waals surface area (Å²) in [4.78, 5) is 15.9. The molecule has 0 saturated heterocycles. The molecule has 1 amide bonds. The Morgan fingerprint density at radius 2 is 2.00 bits per heavy atom. The first-order chi connectivity index (χ1) is 11.7. The number of hydrogen-bond donors (Lipinski definition) is 3. The topological polar surface area (TPSA) is 74.8 Å². The van der Waals surface area contributed by atoms with Crippen LogP contribution >= 0.6 is 11.6 Å². The third-order valence-corrected chi connectivity index (χ3v) is 3.40. The second kappa shape index (κ2) is 10.1. The Morgan fingerprint density at radius 3 is 2.60 bits per heavy atom. The number of rotatable bonds is 7. The molecule has 0 saturated carbocycles. The van der Waals surface area contributed by atoms with Crippen LogP contribution in [0.1, 0.15) is 32.8 Å². The van der Waals surface area contributed by atoms with Crippen molar-refractivity contribution in [1.82, 2.24) is 16.0 Å². The lowest BCUT2D eigenvalue weighted by atomic mass is 10.1. The molecular weight excluding hydrogens is 340 g/mol. The monoisotopic (exact) mass is 368 g/mol. The van der Waals surface area contributed by atoms with Crippen molar-refractivity contribution in [3.8, 4) is 5.75 Å². The number of ether oxygens (including phenoxy) is 1. The van der Waals surface area contributed by atoms with Gasteiger partial charge in [0.05, 0.1) is 13.2 Å². The maximum absolute atomic E-state index is 11.8. The van der Waals surface area contributed by atoms with Gasteiger partial charge >= 0.3 is 0 Å². The van der Waals surface area contributed by atoms with E-state index in [2.05, 4.69) is 20.9 Å². The number of hydrogen-bond acceptors (Lipinski definition) is 3. The Bertz CT molecular complexity index is 597. The SMILES string of the molecule is CN=C(NCCCOc1ccc(Cl)cc1C)NCC(=O)NC(C)(C)C. The second-order valence-corrected chi connectivity index (χ2v) is 7.20. The van der Waals surface area contributed by atoms with Gasteiger partial charge in [-0.1, -0.05) is 11.6 Å². The quantitative estimate of drug-likeness (QED) is 0.392. The Balaban J connectivity index is 2.24. The zero-order chi connectivity index (χ0) is 18.9. The highest BCUT2D eigenvalue weighted by atomic mass is 35.5. The van der Waals surface area contributed by atoms with Crippen molar-refractivity contribution >= 4 is 23.5 Å². The van der Waals surface area contributed by atoms with E-state index < -0.39 is 0 Å². The molecule has 3 N–H and O–H groups in total. The van der Waals surface area contributed by atoms with Gasteiger partial charge < -0.3 is 20.7 Å². The van der Waals surface area contributed by atoms with E-state index in [1.807, 2.05) is 45.9 Å². The van der Waals surface area contributed by atoms with Crippen LogP contribution in [0.3, 0.4) is 0 Å². The molecule has 0 aliphatic carbocycles. The molecule has 140 valence electrons. The maximum atomic E-state index is 11.8. The van der Waals surface area contributed by atoms with E-state index in [9.17, 15) is 4.79 Å². The van der Waals surface area contributed by atoms with Crippen molar-refractivity contribution < 1.29 is 9.53 Å². The summed E-state index contributed by atoms with van der Waals surface area (Å²) in [6, 6.07) is 5.57. The summed E-state index contributed by atoms with van der Waals surface area (Å²) in [5.41, 5.74) is 0.773. The fourth-order valence-electron chi connectivity index (χ4n) is 2.08. The number of nitrogens with zero attached hydrogens (tertiary/aromatic N) is 1. The van der Waals surface area contributed by atoms with Crippen molar-refractivity contribution in [3.63, 3.8) is 0 Å². The average Bonchev–Trinajstić information content (AvgIpc) is 2.50. The fourth-order valence-corrected chi connectivity index (χ4v) is 2.31.